The Labute approximate surface area is 135 Å². The van der Waals surface area contributed by atoms with Gasteiger partial charge in [0.05, 0.1) is 18.7 Å². The average Bonchev–Trinajstić information content (AvgIpc) is 2.94. The Bertz CT molecular complexity index is 715. The SMILES string of the molecule is COC(=O)Cn1ncc2c(N3C[C@@H](C)N(C)C[C@@H]3C)ncnc21. The van der Waals surface area contributed by atoms with Crippen LogP contribution in [0.3, 0.4) is 0 Å². The van der Waals surface area contributed by atoms with E-state index in [1.165, 1.54) is 13.4 Å². The molecule has 0 aliphatic carbocycles. The molecule has 0 aromatic carbocycles. The van der Waals surface area contributed by atoms with Crippen molar-refractivity contribution in [2.75, 3.05) is 32.1 Å². The number of esters is 1. The van der Waals surface area contributed by atoms with Gasteiger partial charge < -0.3 is 9.64 Å². The van der Waals surface area contributed by atoms with Crippen molar-refractivity contribution in [3.8, 4) is 0 Å². The van der Waals surface area contributed by atoms with Crippen molar-refractivity contribution in [2.24, 2.45) is 0 Å². The Morgan fingerprint density at radius 3 is 2.83 bits per heavy atom. The lowest BCUT2D eigenvalue weighted by Crippen LogP contribution is -2.55. The summed E-state index contributed by atoms with van der Waals surface area (Å²) in [5.41, 5.74) is 0.652. The molecule has 2 aromatic rings. The maximum Gasteiger partial charge on any atom is 0.327 e. The molecule has 1 aliphatic rings. The van der Waals surface area contributed by atoms with Crippen LogP contribution in [-0.2, 0) is 16.1 Å². The first-order valence-corrected chi connectivity index (χ1v) is 7.71. The highest BCUT2D eigenvalue weighted by Crippen LogP contribution is 2.27. The van der Waals surface area contributed by atoms with E-state index >= 15 is 0 Å². The van der Waals surface area contributed by atoms with E-state index in [0.29, 0.717) is 17.7 Å². The number of anilines is 1. The molecule has 8 nitrogen and oxygen atoms in total. The van der Waals surface area contributed by atoms with Gasteiger partial charge in [-0.3, -0.25) is 9.69 Å². The van der Waals surface area contributed by atoms with E-state index in [2.05, 4.69) is 45.8 Å². The summed E-state index contributed by atoms with van der Waals surface area (Å²) in [6, 6.07) is 0.791. The van der Waals surface area contributed by atoms with E-state index in [9.17, 15) is 4.79 Å². The highest BCUT2D eigenvalue weighted by atomic mass is 16.5. The Kier molecular flexibility index (Phi) is 4.16. The standard InChI is InChI=1S/C15H22N6O2/c1-10-7-20(11(2)6-19(10)3)14-12-5-18-21(8-13(22)23-4)15(12)17-9-16-14/h5,9-11H,6-8H2,1-4H3/t10-,11+/m1/s1. The molecule has 0 radical (unpaired) electrons. The van der Waals surface area contributed by atoms with E-state index in [1.54, 1.807) is 10.9 Å². The van der Waals surface area contributed by atoms with Crippen molar-refractivity contribution in [2.45, 2.75) is 32.5 Å². The number of likely N-dealkylation sites (N-methyl/N-ethyl adjacent to an activating group) is 1. The second-order valence-electron chi connectivity index (χ2n) is 6.10. The van der Waals surface area contributed by atoms with E-state index in [4.69, 9.17) is 4.74 Å². The first kappa shape index (κ1) is 15.7. The maximum atomic E-state index is 11.5. The number of aromatic nitrogens is 4. The fourth-order valence-electron chi connectivity index (χ4n) is 3.01. The molecule has 3 rings (SSSR count). The molecular weight excluding hydrogens is 296 g/mol. The smallest absolute Gasteiger partial charge is 0.327 e. The van der Waals surface area contributed by atoms with Crippen molar-refractivity contribution in [3.63, 3.8) is 0 Å². The molecule has 2 aromatic heterocycles. The van der Waals surface area contributed by atoms with Crippen LogP contribution in [-0.4, -0.2) is 69.9 Å². The van der Waals surface area contributed by atoms with Crippen LogP contribution in [0.2, 0.25) is 0 Å². The lowest BCUT2D eigenvalue weighted by atomic mass is 10.1. The minimum atomic E-state index is -0.350. The Hall–Kier alpha value is -2.22. The van der Waals surface area contributed by atoms with E-state index in [-0.39, 0.29) is 12.5 Å². The van der Waals surface area contributed by atoms with Gasteiger partial charge in [0.2, 0.25) is 0 Å². The van der Waals surface area contributed by atoms with E-state index in [1.807, 2.05) is 0 Å². The number of hydrogen-bond acceptors (Lipinski definition) is 7. The predicted octanol–water partition coefficient (Wildman–Crippen LogP) is 0.528. The zero-order valence-corrected chi connectivity index (χ0v) is 13.9. The molecule has 124 valence electrons. The molecule has 8 heteroatoms. The van der Waals surface area contributed by atoms with Crippen LogP contribution in [0.25, 0.3) is 11.0 Å². The number of carbonyl (C=O) groups is 1. The van der Waals surface area contributed by atoms with Gasteiger partial charge in [-0.15, -0.1) is 0 Å². The van der Waals surface area contributed by atoms with Crippen LogP contribution in [0.1, 0.15) is 13.8 Å². The molecule has 0 unspecified atom stereocenters. The van der Waals surface area contributed by atoms with Gasteiger partial charge >= 0.3 is 5.97 Å². The zero-order chi connectivity index (χ0) is 16.6. The summed E-state index contributed by atoms with van der Waals surface area (Å²) in [6.07, 6.45) is 3.26. The molecular formula is C15H22N6O2. The van der Waals surface area contributed by atoms with Crippen molar-refractivity contribution in [3.05, 3.63) is 12.5 Å². The minimum absolute atomic E-state index is 0.0468. The van der Waals surface area contributed by atoms with Crippen LogP contribution < -0.4 is 4.90 Å². The topological polar surface area (TPSA) is 76.4 Å². The van der Waals surface area contributed by atoms with Gasteiger partial charge in [-0.25, -0.2) is 14.6 Å². The lowest BCUT2D eigenvalue weighted by molar-refractivity contribution is -0.141. The second kappa shape index (κ2) is 6.11. The molecule has 1 saturated heterocycles. The van der Waals surface area contributed by atoms with Crippen LogP contribution in [0.15, 0.2) is 12.5 Å². The second-order valence-corrected chi connectivity index (χ2v) is 6.10. The Morgan fingerprint density at radius 1 is 1.30 bits per heavy atom. The average molecular weight is 318 g/mol. The molecule has 2 atom stereocenters. The number of nitrogens with zero attached hydrogens (tertiary/aromatic N) is 6. The summed E-state index contributed by atoms with van der Waals surface area (Å²) in [4.78, 5) is 24.9. The normalized spacial score (nSPS) is 22.5. The van der Waals surface area contributed by atoms with E-state index in [0.717, 1.165) is 24.3 Å². The highest BCUT2D eigenvalue weighted by Gasteiger charge is 2.29. The van der Waals surface area contributed by atoms with Gasteiger partial charge in [0, 0.05) is 25.2 Å². The number of methoxy groups -OCH3 is 1. The Morgan fingerprint density at radius 2 is 2.09 bits per heavy atom. The van der Waals surface area contributed by atoms with Crippen molar-refractivity contribution in [1.82, 2.24) is 24.6 Å². The summed E-state index contributed by atoms with van der Waals surface area (Å²) in [7, 11) is 3.50. The van der Waals surface area contributed by atoms with Crippen LogP contribution in [0, 0.1) is 0 Å². The van der Waals surface area contributed by atoms with E-state index < -0.39 is 0 Å². The number of ether oxygens (including phenoxy) is 1. The Balaban J connectivity index is 1.97. The number of rotatable bonds is 3. The summed E-state index contributed by atoms with van der Waals surface area (Å²) in [5, 5.41) is 5.14. The number of piperazine rings is 1. The van der Waals surface area contributed by atoms with Crippen LogP contribution in [0.4, 0.5) is 5.82 Å². The highest BCUT2D eigenvalue weighted by molar-refractivity contribution is 5.87. The summed E-state index contributed by atoms with van der Waals surface area (Å²) < 4.78 is 6.25. The largest absolute Gasteiger partial charge is 0.468 e. The minimum Gasteiger partial charge on any atom is -0.468 e. The number of fused-ring (bicyclic) bond motifs is 1. The van der Waals surface area contributed by atoms with Crippen molar-refractivity contribution >= 4 is 22.8 Å². The third-order valence-corrected chi connectivity index (χ3v) is 4.49. The molecule has 0 spiro atoms. The van der Waals surface area contributed by atoms with Gasteiger partial charge in [-0.1, -0.05) is 0 Å². The fraction of sp³-hybridized carbons (Fsp3) is 0.600. The molecule has 0 saturated carbocycles. The molecule has 0 N–H and O–H groups in total. The molecule has 23 heavy (non-hydrogen) atoms. The van der Waals surface area contributed by atoms with Gasteiger partial charge in [0.1, 0.15) is 18.7 Å². The van der Waals surface area contributed by atoms with Crippen molar-refractivity contribution < 1.29 is 9.53 Å². The predicted molar refractivity (Wildman–Crippen MR) is 86.2 cm³/mol. The molecule has 1 aliphatic heterocycles. The lowest BCUT2D eigenvalue weighted by Gasteiger charge is -2.43. The first-order valence-electron chi connectivity index (χ1n) is 7.71. The van der Waals surface area contributed by atoms with Crippen LogP contribution >= 0.6 is 0 Å². The fourth-order valence-corrected chi connectivity index (χ4v) is 3.01. The maximum absolute atomic E-state index is 11.5. The van der Waals surface area contributed by atoms with Gasteiger partial charge in [-0.05, 0) is 20.9 Å². The number of carbonyl (C=O) groups excluding carboxylic acids is 1. The van der Waals surface area contributed by atoms with Crippen molar-refractivity contribution in [1.29, 1.82) is 0 Å². The summed E-state index contributed by atoms with van der Waals surface area (Å²) in [6.45, 7) is 6.31. The molecule has 0 amide bonds. The van der Waals surface area contributed by atoms with Gasteiger partial charge in [0.25, 0.3) is 0 Å². The monoisotopic (exact) mass is 318 g/mol. The molecule has 3 heterocycles. The van der Waals surface area contributed by atoms with Gasteiger partial charge in [0.15, 0.2) is 5.65 Å². The summed E-state index contributed by atoms with van der Waals surface area (Å²) >= 11 is 0. The van der Waals surface area contributed by atoms with Gasteiger partial charge in [-0.2, -0.15) is 5.10 Å². The zero-order valence-electron chi connectivity index (χ0n) is 13.9. The third-order valence-electron chi connectivity index (χ3n) is 4.49. The number of hydrogen-bond donors (Lipinski definition) is 0. The summed E-state index contributed by atoms with van der Waals surface area (Å²) in [5.74, 6) is 0.523. The first-order chi connectivity index (χ1) is 11.0. The molecule has 1 fully saturated rings. The van der Waals surface area contributed by atoms with Crippen LogP contribution in [0.5, 0.6) is 0 Å². The third kappa shape index (κ3) is 2.86. The quantitative estimate of drug-likeness (QED) is 0.764. The molecule has 0 bridgehead atoms.